The minimum atomic E-state index is -1.14. The molecule has 1 saturated carbocycles. The number of rotatable bonds is 11. The molecule has 1 aromatic carbocycles. The van der Waals surface area contributed by atoms with E-state index in [-0.39, 0.29) is 43.9 Å². The maximum atomic E-state index is 13.7. The number of nitrogens with one attached hydrogen (secondary N) is 1. The van der Waals surface area contributed by atoms with Crippen LogP contribution in [0.3, 0.4) is 0 Å². The van der Waals surface area contributed by atoms with Gasteiger partial charge in [0.2, 0.25) is 11.8 Å². The number of benzene rings is 1. The predicted octanol–water partition coefficient (Wildman–Crippen LogP) is 1.73. The molecule has 2 aliphatic carbocycles. The molecule has 214 valence electrons. The Hall–Kier alpha value is -2.95. The van der Waals surface area contributed by atoms with Crippen LogP contribution in [-0.2, 0) is 21.0 Å². The lowest BCUT2D eigenvalue weighted by Gasteiger charge is -2.45. The zero-order valence-corrected chi connectivity index (χ0v) is 22.7. The number of aliphatic hydroxyl groups is 3. The standard InChI is InChI=1S/C29H40N2O8/c1-17(34)7-6-10-24(35)31(19-8-4-3-5-9-19)22-15-21(29(37)30-11-12-32)25-20-13-18(16-33)14-23(38-2)27(20)39-28(25)26(22)36/h13-15,19,22,25-26,28,32-33,36H,3-12,16H2,1-2H3,(H,30,37)/t22-,25+,26+,28+/m1/s1. The Labute approximate surface area is 229 Å². The van der Waals surface area contributed by atoms with Gasteiger partial charge in [-0.05, 0) is 50.0 Å². The third-order valence-corrected chi connectivity index (χ3v) is 7.99. The molecule has 0 radical (unpaired) electrons. The maximum Gasteiger partial charge on any atom is 0.247 e. The molecule has 39 heavy (non-hydrogen) atoms. The van der Waals surface area contributed by atoms with Gasteiger partial charge in [0.1, 0.15) is 18.0 Å². The second kappa shape index (κ2) is 12.9. The highest BCUT2D eigenvalue weighted by Crippen LogP contribution is 2.51. The van der Waals surface area contributed by atoms with E-state index in [1.807, 2.05) is 0 Å². The summed E-state index contributed by atoms with van der Waals surface area (Å²) in [5.41, 5.74) is 1.52. The van der Waals surface area contributed by atoms with E-state index in [0.29, 0.717) is 41.0 Å². The molecule has 10 heteroatoms. The third-order valence-electron chi connectivity index (χ3n) is 7.99. The van der Waals surface area contributed by atoms with Crippen LogP contribution in [0.5, 0.6) is 11.5 Å². The van der Waals surface area contributed by atoms with Crippen molar-refractivity contribution in [2.24, 2.45) is 0 Å². The molecule has 1 aromatic rings. The largest absolute Gasteiger partial charge is 0.493 e. The number of nitrogens with zero attached hydrogens (tertiary/aromatic N) is 1. The van der Waals surface area contributed by atoms with E-state index in [9.17, 15) is 29.7 Å². The quantitative estimate of drug-likeness (QED) is 0.330. The maximum absolute atomic E-state index is 13.7. The smallest absolute Gasteiger partial charge is 0.247 e. The van der Waals surface area contributed by atoms with Gasteiger partial charge < -0.3 is 39.8 Å². The van der Waals surface area contributed by atoms with Crippen LogP contribution in [0.25, 0.3) is 0 Å². The van der Waals surface area contributed by atoms with E-state index < -0.39 is 30.1 Å². The van der Waals surface area contributed by atoms with Crippen molar-refractivity contribution in [2.45, 2.75) is 95.1 Å². The van der Waals surface area contributed by atoms with Crippen molar-refractivity contribution < 1.29 is 39.2 Å². The minimum Gasteiger partial charge on any atom is -0.493 e. The Morgan fingerprint density at radius 2 is 1.87 bits per heavy atom. The van der Waals surface area contributed by atoms with E-state index in [4.69, 9.17) is 9.47 Å². The first-order chi connectivity index (χ1) is 18.8. The number of hydrogen-bond donors (Lipinski definition) is 4. The molecular weight excluding hydrogens is 504 g/mol. The Kier molecular flexibility index (Phi) is 9.63. The second-order valence-corrected chi connectivity index (χ2v) is 10.7. The Morgan fingerprint density at radius 1 is 1.13 bits per heavy atom. The first-order valence-electron chi connectivity index (χ1n) is 13.9. The third kappa shape index (κ3) is 6.13. The number of methoxy groups -OCH3 is 1. The zero-order chi connectivity index (χ0) is 28.1. The van der Waals surface area contributed by atoms with Crippen molar-refractivity contribution >= 4 is 17.6 Å². The molecule has 10 nitrogen and oxygen atoms in total. The summed E-state index contributed by atoms with van der Waals surface area (Å²) in [6, 6.07) is 2.49. The summed E-state index contributed by atoms with van der Waals surface area (Å²) in [4.78, 5) is 40.3. The average Bonchev–Trinajstić information content (AvgIpc) is 3.33. The van der Waals surface area contributed by atoms with Crippen LogP contribution in [0.1, 0.15) is 75.3 Å². The van der Waals surface area contributed by atoms with Gasteiger partial charge in [-0.15, -0.1) is 0 Å². The van der Waals surface area contributed by atoms with Gasteiger partial charge in [-0.25, -0.2) is 0 Å². The van der Waals surface area contributed by atoms with Gasteiger partial charge in [-0.2, -0.15) is 0 Å². The molecule has 4 rings (SSSR count). The summed E-state index contributed by atoms with van der Waals surface area (Å²) >= 11 is 0. The summed E-state index contributed by atoms with van der Waals surface area (Å²) in [6.45, 7) is 1.06. The first kappa shape index (κ1) is 29.0. The second-order valence-electron chi connectivity index (χ2n) is 10.7. The molecule has 4 N–H and O–H groups in total. The number of Topliss-reactive ketones (excluding diaryl/α,β-unsaturated/α-hetero) is 1. The van der Waals surface area contributed by atoms with Gasteiger partial charge in [0, 0.05) is 36.6 Å². The van der Waals surface area contributed by atoms with Crippen molar-refractivity contribution in [3.05, 3.63) is 34.9 Å². The molecule has 0 unspecified atom stereocenters. The number of aliphatic hydroxyl groups excluding tert-OH is 3. The molecule has 0 spiro atoms. The molecule has 0 bridgehead atoms. The summed E-state index contributed by atoms with van der Waals surface area (Å²) in [6.07, 6.45) is 5.16. The van der Waals surface area contributed by atoms with E-state index in [0.717, 1.165) is 32.1 Å². The molecule has 1 aliphatic heterocycles. The lowest BCUT2D eigenvalue weighted by molar-refractivity contribution is -0.141. The molecule has 4 atom stereocenters. The summed E-state index contributed by atoms with van der Waals surface area (Å²) in [5.74, 6) is -0.451. The molecule has 2 amide bonds. The van der Waals surface area contributed by atoms with Crippen molar-refractivity contribution in [1.82, 2.24) is 10.2 Å². The lowest BCUT2D eigenvalue weighted by atomic mass is 9.76. The summed E-state index contributed by atoms with van der Waals surface area (Å²) in [7, 11) is 1.48. The zero-order valence-electron chi connectivity index (χ0n) is 22.7. The summed E-state index contributed by atoms with van der Waals surface area (Å²) < 4.78 is 11.8. The fourth-order valence-electron chi connectivity index (χ4n) is 6.18. The van der Waals surface area contributed by atoms with Crippen molar-refractivity contribution in [3.63, 3.8) is 0 Å². The van der Waals surface area contributed by atoms with Crippen molar-refractivity contribution in [3.8, 4) is 11.5 Å². The van der Waals surface area contributed by atoms with Gasteiger partial charge in [0.05, 0.1) is 32.3 Å². The van der Waals surface area contributed by atoms with E-state index in [2.05, 4.69) is 5.32 Å². The van der Waals surface area contributed by atoms with Crippen LogP contribution in [0.15, 0.2) is 23.8 Å². The number of fused-ring (bicyclic) bond motifs is 3. The van der Waals surface area contributed by atoms with E-state index in [1.165, 1.54) is 14.0 Å². The van der Waals surface area contributed by atoms with Crippen molar-refractivity contribution in [1.29, 1.82) is 0 Å². The lowest BCUT2D eigenvalue weighted by Crippen LogP contribution is -2.58. The summed E-state index contributed by atoms with van der Waals surface area (Å²) in [5, 5.41) is 33.6. The van der Waals surface area contributed by atoms with E-state index in [1.54, 1.807) is 23.1 Å². The van der Waals surface area contributed by atoms with Crippen LogP contribution < -0.4 is 14.8 Å². The fourth-order valence-corrected chi connectivity index (χ4v) is 6.18. The Morgan fingerprint density at radius 3 is 2.51 bits per heavy atom. The molecule has 0 saturated heterocycles. The van der Waals surface area contributed by atoms with Crippen molar-refractivity contribution in [2.75, 3.05) is 20.3 Å². The number of carbonyl (C=O) groups is 3. The number of hydrogen-bond acceptors (Lipinski definition) is 8. The molecule has 0 aromatic heterocycles. The highest BCUT2D eigenvalue weighted by Gasteiger charge is 2.52. The van der Waals surface area contributed by atoms with Crippen LogP contribution in [0.4, 0.5) is 0 Å². The fraction of sp³-hybridized carbons (Fsp3) is 0.621. The van der Waals surface area contributed by atoms with Crippen LogP contribution >= 0.6 is 0 Å². The minimum absolute atomic E-state index is 0.0172. The van der Waals surface area contributed by atoms with Crippen LogP contribution in [0, 0.1) is 0 Å². The Bertz CT molecular complexity index is 1100. The topological polar surface area (TPSA) is 146 Å². The van der Waals surface area contributed by atoms with Gasteiger partial charge >= 0.3 is 0 Å². The van der Waals surface area contributed by atoms with Crippen LogP contribution in [-0.4, -0.2) is 82.4 Å². The highest BCUT2D eigenvalue weighted by molar-refractivity contribution is 5.96. The van der Waals surface area contributed by atoms with Gasteiger partial charge in [-0.3, -0.25) is 9.59 Å². The number of ketones is 1. The molecule has 1 heterocycles. The molecule has 3 aliphatic rings. The normalized spacial score (nSPS) is 24.2. The number of amides is 2. The highest BCUT2D eigenvalue weighted by atomic mass is 16.5. The number of carbonyl (C=O) groups excluding carboxylic acids is 3. The van der Waals surface area contributed by atoms with Gasteiger partial charge in [0.25, 0.3) is 0 Å². The average molecular weight is 545 g/mol. The molecular formula is C29H40N2O8. The Balaban J connectivity index is 1.77. The monoisotopic (exact) mass is 544 g/mol. The van der Waals surface area contributed by atoms with Crippen LogP contribution in [0.2, 0.25) is 0 Å². The molecule has 1 fully saturated rings. The first-order valence-corrected chi connectivity index (χ1v) is 13.9. The number of ether oxygens (including phenoxy) is 2. The van der Waals surface area contributed by atoms with E-state index >= 15 is 0 Å². The SMILES string of the molecule is COc1cc(CO)cc2c1O[C@@H]1[C@@H](O)[C@H](N(C(=O)CCCC(C)=O)C3CCCCC3)C=C(C(=O)NCCO)[C@H]21. The van der Waals surface area contributed by atoms with Gasteiger partial charge in [0.15, 0.2) is 11.5 Å². The van der Waals surface area contributed by atoms with Gasteiger partial charge in [-0.1, -0.05) is 19.3 Å². The predicted molar refractivity (Wildman–Crippen MR) is 142 cm³/mol.